The third-order valence-electron chi connectivity index (χ3n) is 19.5. The van der Waals surface area contributed by atoms with E-state index in [4.69, 9.17) is 23.9 Å². The lowest BCUT2D eigenvalue weighted by Gasteiger charge is -2.27. The molecule has 16 nitrogen and oxygen atoms in total. The van der Waals surface area contributed by atoms with Crippen LogP contribution < -0.4 is 32.0 Å². The number of hydrogen-bond donors (Lipinski definition) is 7. The summed E-state index contributed by atoms with van der Waals surface area (Å²) < 4.78 is 24.0. The monoisotopic (exact) mass is 1290 g/mol. The van der Waals surface area contributed by atoms with Crippen LogP contribution in [-0.2, 0) is 59.8 Å². The number of rotatable bonds is 12. The number of aromatic amines is 3. The van der Waals surface area contributed by atoms with Gasteiger partial charge in [-0.1, -0.05) is 132 Å². The fraction of sp³-hybridized carbons (Fsp3) is 0.412. The molecule has 7 aromatic rings. The van der Waals surface area contributed by atoms with Crippen LogP contribution in [0.25, 0.3) is 16.7 Å². The van der Waals surface area contributed by atoms with E-state index in [1.165, 1.54) is 0 Å². The van der Waals surface area contributed by atoms with Crippen LogP contribution in [0.1, 0.15) is 208 Å². The van der Waals surface area contributed by atoms with E-state index in [9.17, 15) is 19.2 Å². The van der Waals surface area contributed by atoms with E-state index < -0.39 is 30.3 Å². The van der Waals surface area contributed by atoms with Gasteiger partial charge in [-0.05, 0) is 179 Å². The average Bonchev–Trinajstić information content (AvgIpc) is 1.49. The van der Waals surface area contributed by atoms with E-state index in [1.807, 2.05) is 42.5 Å². The van der Waals surface area contributed by atoms with E-state index >= 15 is 0 Å². The molecule has 0 radical (unpaired) electrons. The molecule has 5 atom stereocenters. The highest BCUT2D eigenvalue weighted by atomic mass is 16.5. The second-order valence-corrected chi connectivity index (χ2v) is 30.8. The Balaban J connectivity index is 1.16. The Morgan fingerprint density at radius 3 is 1.17 bits per heavy atom. The number of allylic oxidation sites excluding steroid dienone is 2. The topological polar surface area (TPSA) is 213 Å². The molecule has 500 valence electrons. The van der Waals surface area contributed by atoms with Gasteiger partial charge < -0.3 is 55.2 Å². The van der Waals surface area contributed by atoms with E-state index in [0.29, 0.717) is 108 Å². The molecule has 8 bridgehead atoms. The van der Waals surface area contributed by atoms with E-state index in [-0.39, 0.29) is 45.3 Å². The van der Waals surface area contributed by atoms with Gasteiger partial charge in [0.2, 0.25) is 0 Å². The number of anilines is 4. The van der Waals surface area contributed by atoms with Crippen LogP contribution >= 0.6 is 0 Å². The summed E-state index contributed by atoms with van der Waals surface area (Å²) in [7, 11) is 0. The lowest BCUT2D eigenvalue weighted by Crippen LogP contribution is -2.30. The number of fused-ring (bicyclic) bond motifs is 7. The van der Waals surface area contributed by atoms with Crippen LogP contribution in [-0.4, -0.2) is 95.1 Å². The molecule has 4 saturated heterocycles. The lowest BCUT2D eigenvalue weighted by atomic mass is 9.78. The van der Waals surface area contributed by atoms with Gasteiger partial charge in [0.15, 0.2) is 0 Å². The molecular weight excluding hydrogens is 1200 g/mol. The molecule has 9 heterocycles. The van der Waals surface area contributed by atoms with Gasteiger partial charge in [-0.3, -0.25) is 19.2 Å². The Labute approximate surface area is 563 Å². The third kappa shape index (κ3) is 13.6. The van der Waals surface area contributed by atoms with Crippen molar-refractivity contribution < 1.29 is 38.1 Å². The van der Waals surface area contributed by atoms with Gasteiger partial charge in [0, 0.05) is 99.1 Å². The number of amides is 4. The second kappa shape index (κ2) is 26.1. The van der Waals surface area contributed by atoms with Gasteiger partial charge in [0.25, 0.3) is 23.6 Å². The van der Waals surface area contributed by atoms with E-state index in [0.717, 1.165) is 98.3 Å². The number of benzene rings is 4. The van der Waals surface area contributed by atoms with Crippen LogP contribution in [0, 0.1) is 0 Å². The highest BCUT2D eigenvalue weighted by Gasteiger charge is 2.36. The number of aliphatic imine (C=N–C) groups is 1. The molecule has 6 aliphatic rings. The predicted octanol–water partition coefficient (Wildman–Crippen LogP) is 13.7. The molecule has 4 aromatic carbocycles. The molecular formula is C80H92N8O8. The fourth-order valence-electron chi connectivity index (χ4n) is 13.9. The predicted molar refractivity (Wildman–Crippen MR) is 380 cm³/mol. The SMILES string of the molecule is CC(C)(C)c1cc(C2=C3C=CC(=N3)C(c3c(NC(=O)[C@@H]4CCCO4)cccc3NC(=O)[C@@H]3CCCO3)=c3ccc([nH]3)=C(c3cc(C(C)(C)C)cc(C(C)(C)C)c3)c3ccc([nH]3)C(c3c(NC(=O)[C@@H]4CCCO4)cccc3NC(=O)[C@@H]3CCCO3)c3ccc2[nH]3)cc(C(C)(C)C)c1. The molecule has 96 heavy (non-hydrogen) atoms. The maximum Gasteiger partial charge on any atom is 0.253 e. The van der Waals surface area contributed by atoms with E-state index in [1.54, 1.807) is 0 Å². The molecule has 6 aliphatic heterocycles. The highest BCUT2D eigenvalue weighted by Crippen LogP contribution is 2.45. The van der Waals surface area contributed by atoms with Crippen LogP contribution in [0.2, 0.25) is 0 Å². The summed E-state index contributed by atoms with van der Waals surface area (Å²) in [4.78, 5) is 75.9. The van der Waals surface area contributed by atoms with Crippen molar-refractivity contribution in [1.82, 2.24) is 15.0 Å². The van der Waals surface area contributed by atoms with Gasteiger partial charge in [-0.2, -0.15) is 0 Å². The third-order valence-corrected chi connectivity index (χ3v) is 19.5. The van der Waals surface area contributed by atoms with Crippen molar-refractivity contribution in [2.24, 2.45) is 4.99 Å². The van der Waals surface area contributed by atoms with Crippen molar-refractivity contribution in [3.63, 3.8) is 0 Å². The molecule has 0 spiro atoms. The largest absolute Gasteiger partial charge is 0.368 e. The number of carbonyl (C=O) groups excluding carboxylic acids is 4. The molecule has 3 aromatic heterocycles. The molecule has 0 aliphatic carbocycles. The number of hydrogen-bond acceptors (Lipinski definition) is 9. The van der Waals surface area contributed by atoms with E-state index in [2.05, 4.69) is 198 Å². The summed E-state index contributed by atoms with van der Waals surface area (Å²) in [5, 5.41) is 14.6. The first-order valence-electron chi connectivity index (χ1n) is 34.4. The molecule has 13 rings (SSSR count). The van der Waals surface area contributed by atoms with Crippen LogP contribution in [0.15, 0.2) is 132 Å². The number of carbonyl (C=O) groups is 4. The standard InChI is InChI=1S/C80H92N8O8/c1-77(2,3)47-39-45(40-48(43-47)78(4,5)6)67-55-27-31-59(81-55)71(69-51(85-73(89)63-23-15-35-93-63)19-13-20-52(69)86-74(90)64-24-16-36-94-64)61-33-29-57(83-61)68(46-41-49(79(7,8)9)44-50(42-46)80(10,11)12)58-30-34-62(84-58)72(60-32-28-56(67)82-60)70-53(87-75(91)65-25-17-37-95-65)21-14-22-54(70)88-76(92)66-26-18-38-96-66/h13-14,19-22,27-34,39-44,63-66,71,81-83H,15-18,23-26,35-38H2,1-12H3,(H,85,89)(H,86,90)(H,87,91)(H,88,92)/t63-,64-,65-,66-,71?/m0/s1. The minimum Gasteiger partial charge on any atom is -0.368 e. The van der Waals surface area contributed by atoms with Gasteiger partial charge in [-0.25, -0.2) is 4.99 Å². The Morgan fingerprint density at radius 2 is 0.781 bits per heavy atom. The maximum absolute atomic E-state index is 14.5. The average molecular weight is 1290 g/mol. The second-order valence-electron chi connectivity index (χ2n) is 30.8. The van der Waals surface area contributed by atoms with Crippen LogP contribution in [0.5, 0.6) is 0 Å². The minimum absolute atomic E-state index is 0.252. The summed E-state index contributed by atoms with van der Waals surface area (Å²) in [5.41, 5.74) is 15.2. The summed E-state index contributed by atoms with van der Waals surface area (Å²) in [6.45, 7) is 28.8. The normalized spacial score (nSPS) is 20.7. The first-order valence-corrected chi connectivity index (χ1v) is 34.4. The number of nitrogens with one attached hydrogen (secondary N) is 7. The van der Waals surface area contributed by atoms with Crippen molar-refractivity contribution in [3.8, 4) is 0 Å². The molecule has 16 heteroatoms. The number of H-pyrrole nitrogens is 3. The first-order chi connectivity index (χ1) is 45.7. The summed E-state index contributed by atoms with van der Waals surface area (Å²) in [6, 6.07) is 37.6. The zero-order valence-corrected chi connectivity index (χ0v) is 57.6. The fourth-order valence-corrected chi connectivity index (χ4v) is 13.9. The number of nitrogens with zero attached hydrogens (tertiary/aromatic N) is 1. The van der Waals surface area contributed by atoms with Gasteiger partial charge in [-0.15, -0.1) is 0 Å². The summed E-state index contributed by atoms with van der Waals surface area (Å²) in [5.74, 6) is -1.80. The Bertz CT molecular complexity index is 4260. The highest BCUT2D eigenvalue weighted by molar-refractivity contribution is 6.33. The van der Waals surface area contributed by atoms with Gasteiger partial charge in [0.1, 0.15) is 24.4 Å². The van der Waals surface area contributed by atoms with Crippen molar-refractivity contribution in [1.29, 1.82) is 0 Å². The zero-order valence-electron chi connectivity index (χ0n) is 57.6. The van der Waals surface area contributed by atoms with Gasteiger partial charge >= 0.3 is 0 Å². The van der Waals surface area contributed by atoms with Crippen molar-refractivity contribution in [2.75, 3.05) is 47.7 Å². The van der Waals surface area contributed by atoms with Crippen molar-refractivity contribution in [2.45, 2.75) is 186 Å². The van der Waals surface area contributed by atoms with Crippen LogP contribution in [0.3, 0.4) is 0 Å². The zero-order chi connectivity index (χ0) is 67.6. The lowest BCUT2D eigenvalue weighted by molar-refractivity contribution is -0.125. The Hall–Kier alpha value is -8.67. The summed E-state index contributed by atoms with van der Waals surface area (Å²) >= 11 is 0. The number of ether oxygens (including phenoxy) is 4. The molecule has 0 saturated carbocycles. The molecule has 4 amide bonds. The Morgan fingerprint density at radius 1 is 0.417 bits per heavy atom. The van der Waals surface area contributed by atoms with Crippen molar-refractivity contribution in [3.05, 3.63) is 205 Å². The quantitative estimate of drug-likeness (QED) is 0.0624. The molecule has 4 fully saturated rings. The summed E-state index contributed by atoms with van der Waals surface area (Å²) in [6.07, 6.45) is 6.86. The maximum atomic E-state index is 14.5. The first kappa shape index (κ1) is 66.0. The smallest absolute Gasteiger partial charge is 0.253 e. The molecule has 7 N–H and O–H groups in total. The van der Waals surface area contributed by atoms with Crippen molar-refractivity contribution >= 4 is 68.8 Å². The number of aromatic nitrogens is 3. The Kier molecular flexibility index (Phi) is 17.9. The van der Waals surface area contributed by atoms with Gasteiger partial charge in [0.05, 0.1) is 28.7 Å². The molecule has 1 unspecified atom stereocenters. The van der Waals surface area contributed by atoms with Crippen LogP contribution in [0.4, 0.5) is 22.7 Å². The minimum atomic E-state index is -0.701.